The summed E-state index contributed by atoms with van der Waals surface area (Å²) in [7, 11) is 1.11. The van der Waals surface area contributed by atoms with Crippen LogP contribution in [0.2, 0.25) is 0 Å². The second kappa shape index (κ2) is 32.1. The van der Waals surface area contributed by atoms with Crippen LogP contribution >= 0.6 is 0 Å². The monoisotopic (exact) mass is 1240 g/mol. The van der Waals surface area contributed by atoms with Crippen LogP contribution in [0.25, 0.3) is 0 Å². The highest BCUT2D eigenvalue weighted by Crippen LogP contribution is 2.43. The van der Waals surface area contributed by atoms with Gasteiger partial charge >= 0.3 is 11.9 Å². The van der Waals surface area contributed by atoms with E-state index in [0.717, 1.165) is 75.4 Å². The lowest BCUT2D eigenvalue weighted by Crippen LogP contribution is -2.70. The van der Waals surface area contributed by atoms with Crippen molar-refractivity contribution in [3.05, 3.63) is 22.8 Å². The first-order valence-corrected chi connectivity index (χ1v) is 30.5. The number of carboxylic acid groups (broad SMARTS) is 1. The highest BCUT2D eigenvalue weighted by atomic mass is 16.8. The summed E-state index contributed by atoms with van der Waals surface area (Å²) < 4.78 is 58.6. The fraction of sp³-hybridized carbons (Fsp3) is 0.817. The number of rotatable bonds is 28. The quantitative estimate of drug-likeness (QED) is 0.0394. The van der Waals surface area contributed by atoms with Gasteiger partial charge in [0, 0.05) is 26.5 Å². The van der Waals surface area contributed by atoms with E-state index < -0.39 is 172 Å². The van der Waals surface area contributed by atoms with E-state index in [9.17, 15) is 69.9 Å². The van der Waals surface area contributed by atoms with Gasteiger partial charge in [0.2, 0.25) is 11.8 Å². The molecule has 0 spiro atoms. The Hall–Kier alpha value is -4.27. The number of nitrogens with one attached hydrogen (secondary N) is 3. The molecule has 12 N–H and O–H groups in total. The van der Waals surface area contributed by atoms with Crippen LogP contribution in [0.1, 0.15) is 136 Å². The van der Waals surface area contributed by atoms with E-state index in [1.54, 1.807) is 6.07 Å². The Kier molecular flexibility index (Phi) is 26.5. The van der Waals surface area contributed by atoms with Gasteiger partial charge in [-0.15, -0.1) is 0 Å². The maximum absolute atomic E-state index is 13.9. The Bertz CT molecular complexity index is 2440. The Morgan fingerprint density at radius 1 is 0.667 bits per heavy atom. The van der Waals surface area contributed by atoms with E-state index in [1.807, 2.05) is 13.8 Å². The van der Waals surface area contributed by atoms with Crippen LogP contribution in [0.4, 0.5) is 0 Å². The fourth-order valence-corrected chi connectivity index (χ4v) is 12.4. The molecule has 0 radical (unpaired) electrons. The highest BCUT2D eigenvalue weighted by molar-refractivity contribution is 5.86. The number of carbonyl (C=O) groups is 5. The molecular weight excluding hydrogens is 1150 g/mol. The molecule has 5 aliphatic rings. The van der Waals surface area contributed by atoms with Crippen LogP contribution < -0.4 is 25.4 Å². The smallest absolute Gasteiger partial charge is 0.335 e. The van der Waals surface area contributed by atoms with E-state index in [1.165, 1.54) is 45.4 Å². The Balaban J connectivity index is 1.09. The van der Waals surface area contributed by atoms with Gasteiger partial charge in [-0.3, -0.25) is 14.4 Å². The van der Waals surface area contributed by atoms with E-state index in [2.05, 4.69) is 50.6 Å². The third-order valence-electron chi connectivity index (χ3n) is 17.4. The largest absolute Gasteiger partial charge is 0.487 e. The predicted octanol–water partition coefficient (Wildman–Crippen LogP) is 0.224. The number of aryl methyl sites for hydroxylation is 1. The second-order valence-electron chi connectivity index (χ2n) is 25.1. The number of fused-ring (bicyclic) bond motifs is 1. The molecule has 496 valence electrons. The zero-order valence-corrected chi connectivity index (χ0v) is 51.9. The molecule has 27 heteroatoms. The molecule has 27 nitrogen and oxygen atoms in total. The molecule has 0 saturated carbocycles. The second-order valence-corrected chi connectivity index (χ2v) is 25.1. The SMILES string of the molecule is CO[C@@H]1C(C(=O)NCC(=O)Oc2cc(C)c3c(c2C)CCC(C)(CCCC(C)CCCC(C)CCCC(C)C)O3)O[C@@H](O[C@@H]2C(NC(C)=O)[C@H](O[C@@H]3C(C(=O)O)O[C@@H](O[C@@H]4C(NC(C)=O)[C@H](C)OC(CO)[C@H]4O)C(O)[C@H]3O)OC(CO)[C@H]2O)C(O)[C@H]1O. The van der Waals surface area contributed by atoms with Gasteiger partial charge in [-0.1, -0.05) is 72.6 Å². The maximum atomic E-state index is 13.9. The number of hydrogen-bond acceptors (Lipinski definition) is 23. The third kappa shape index (κ3) is 18.2. The lowest BCUT2D eigenvalue weighted by molar-refractivity contribution is -0.366. The first-order chi connectivity index (χ1) is 41.0. The van der Waals surface area contributed by atoms with Gasteiger partial charge < -0.3 is 109 Å². The van der Waals surface area contributed by atoms with E-state index in [4.69, 9.17) is 47.4 Å². The topological polar surface area (TPSA) is 396 Å². The van der Waals surface area contributed by atoms with Crippen LogP contribution in [-0.2, 0) is 68.3 Å². The lowest BCUT2D eigenvalue weighted by Gasteiger charge is -2.50. The number of methoxy groups -OCH3 is 1. The normalized spacial score (nSPS) is 36.0. The van der Waals surface area contributed by atoms with E-state index >= 15 is 0 Å². The van der Waals surface area contributed by atoms with Crippen molar-refractivity contribution in [2.24, 2.45) is 17.8 Å². The average Bonchev–Trinajstić information content (AvgIpc) is 1.68. The zero-order chi connectivity index (χ0) is 64.4. The van der Waals surface area contributed by atoms with Crippen molar-refractivity contribution in [3.8, 4) is 11.5 Å². The van der Waals surface area contributed by atoms with Gasteiger partial charge in [0.05, 0.1) is 25.4 Å². The van der Waals surface area contributed by atoms with E-state index in [-0.39, 0.29) is 11.4 Å². The summed E-state index contributed by atoms with van der Waals surface area (Å²) in [4.78, 5) is 65.2. The predicted molar refractivity (Wildman–Crippen MR) is 305 cm³/mol. The first-order valence-electron chi connectivity index (χ1n) is 30.5. The first kappa shape index (κ1) is 71.8. The van der Waals surface area contributed by atoms with Crippen molar-refractivity contribution < 1.29 is 117 Å². The molecule has 0 aliphatic carbocycles. The lowest BCUT2D eigenvalue weighted by atomic mass is 9.84. The third-order valence-corrected chi connectivity index (χ3v) is 17.4. The minimum atomic E-state index is -2.27. The number of carboxylic acids is 1. The van der Waals surface area contributed by atoms with Crippen molar-refractivity contribution >= 4 is 29.7 Å². The number of amides is 3. The van der Waals surface area contributed by atoms with Gasteiger partial charge in [0.15, 0.2) is 31.1 Å². The van der Waals surface area contributed by atoms with Gasteiger partial charge in [-0.25, -0.2) is 9.59 Å². The van der Waals surface area contributed by atoms with Crippen LogP contribution in [0.5, 0.6) is 11.5 Å². The number of benzene rings is 1. The zero-order valence-electron chi connectivity index (χ0n) is 51.9. The molecule has 1 aromatic rings. The molecule has 6 rings (SSSR count). The summed E-state index contributed by atoms with van der Waals surface area (Å²) in [6.07, 6.45) is -21.4. The number of aliphatic hydroxyl groups is 8. The molecule has 0 bridgehead atoms. The summed E-state index contributed by atoms with van der Waals surface area (Å²) >= 11 is 0. The molecule has 3 amide bonds. The number of carbonyl (C=O) groups excluding carboxylic acids is 4. The number of aliphatic hydroxyl groups excluding tert-OH is 8. The van der Waals surface area contributed by atoms with Gasteiger partial charge in [-0.05, 0) is 88.3 Å². The van der Waals surface area contributed by atoms with Crippen molar-refractivity contribution in [1.29, 1.82) is 0 Å². The summed E-state index contributed by atoms with van der Waals surface area (Å²) in [6.45, 7) is 16.3. The van der Waals surface area contributed by atoms with Crippen LogP contribution in [0.15, 0.2) is 6.07 Å². The maximum Gasteiger partial charge on any atom is 0.335 e. The van der Waals surface area contributed by atoms with Crippen molar-refractivity contribution in [1.82, 2.24) is 16.0 Å². The molecule has 0 aromatic heterocycles. The van der Waals surface area contributed by atoms with Crippen LogP contribution in [0, 0.1) is 31.6 Å². The Labute approximate surface area is 508 Å². The molecule has 5 heterocycles. The summed E-state index contributed by atoms with van der Waals surface area (Å²) in [5.41, 5.74) is 2.01. The van der Waals surface area contributed by atoms with Crippen molar-refractivity contribution in [2.75, 3.05) is 26.9 Å². The minimum Gasteiger partial charge on any atom is -0.487 e. The minimum absolute atomic E-state index is 0.263. The summed E-state index contributed by atoms with van der Waals surface area (Å²) in [5, 5.41) is 106. The molecule has 5 aliphatic heterocycles. The van der Waals surface area contributed by atoms with Crippen LogP contribution in [-0.4, -0.2) is 231 Å². The molecule has 11 unspecified atom stereocenters. The Morgan fingerprint density at radius 2 is 1.18 bits per heavy atom. The van der Waals surface area contributed by atoms with E-state index in [0.29, 0.717) is 17.9 Å². The number of aliphatic carboxylic acids is 1. The molecular formula is C60H97N3O24. The summed E-state index contributed by atoms with van der Waals surface area (Å²) in [6, 6.07) is -1.24. The van der Waals surface area contributed by atoms with Crippen molar-refractivity contribution in [2.45, 2.75) is 268 Å². The highest BCUT2D eigenvalue weighted by Gasteiger charge is 2.58. The average molecular weight is 1240 g/mol. The van der Waals surface area contributed by atoms with Gasteiger partial charge in [-0.2, -0.15) is 0 Å². The molecule has 1 aromatic carbocycles. The fourth-order valence-electron chi connectivity index (χ4n) is 12.4. The molecule has 23 atom stereocenters. The number of hydrogen-bond donors (Lipinski definition) is 12. The summed E-state index contributed by atoms with van der Waals surface area (Å²) in [5.74, 6) is -2.03. The number of ether oxygens (including phenoxy) is 10. The van der Waals surface area contributed by atoms with Gasteiger partial charge in [0.25, 0.3) is 5.91 Å². The van der Waals surface area contributed by atoms with Crippen molar-refractivity contribution in [3.63, 3.8) is 0 Å². The molecule has 87 heavy (non-hydrogen) atoms. The Morgan fingerprint density at radius 3 is 1.74 bits per heavy atom. The standard InChI is InChI=1S/C60H97N3O24/c1-27(2)15-12-16-28(3)17-13-18-29(4)19-14-21-60(10)22-20-35-31(6)36(23-30(5)48(35)87-60)80-39(68)24-61-55(75)53-51(78-11)44(71)46(73)58(85-53)83-50-41(63-34(9)67)57(81-38(26-65)43(50)70)84-52-45(72)47(74)59(86-54(52)56(76)77)82-49-40(62-33(8)66)32(7)79-37(25-64)42(49)69/h23,27-29,32,37-38,40-47,49-54,57-59,64-65,69-74H,12-22,24-26H2,1-11H3,(H,61,75)(H,62,66)(H,63,67)(H,76,77)/t28?,29?,32-,37?,38?,40?,41?,42+,43+,44+,45+,46?,47?,49+,50+,51-,52-,53?,54?,57-,58+,59+,60?/m0/s1. The molecule has 4 fully saturated rings. The number of esters is 1. The van der Waals surface area contributed by atoms with Gasteiger partial charge in [0.1, 0.15) is 103 Å². The van der Waals surface area contributed by atoms with Crippen LogP contribution in [0.3, 0.4) is 0 Å². The molecule has 4 saturated heterocycles.